The van der Waals surface area contributed by atoms with Crippen molar-refractivity contribution in [1.82, 2.24) is 10.8 Å². The van der Waals surface area contributed by atoms with Crippen LogP contribution in [0.2, 0.25) is 0 Å². The zero-order chi connectivity index (χ0) is 33.9. The number of benzene rings is 2. The predicted molar refractivity (Wildman–Crippen MR) is 181 cm³/mol. The van der Waals surface area contributed by atoms with Gasteiger partial charge < -0.3 is 10.1 Å². The van der Waals surface area contributed by atoms with Crippen LogP contribution in [0.1, 0.15) is 67.5 Å². The summed E-state index contributed by atoms with van der Waals surface area (Å²) in [5.74, 6) is -0.597. The second kappa shape index (κ2) is 16.7. The first-order chi connectivity index (χ1) is 21.9. The number of halogens is 1. The summed E-state index contributed by atoms with van der Waals surface area (Å²) in [5, 5.41) is 7.42. The van der Waals surface area contributed by atoms with Crippen LogP contribution in [0.15, 0.2) is 76.6 Å². The van der Waals surface area contributed by atoms with Crippen molar-refractivity contribution < 1.29 is 28.3 Å². The molecule has 11 heteroatoms. The van der Waals surface area contributed by atoms with Crippen molar-refractivity contribution in [3.63, 3.8) is 0 Å². The number of hydrogen-bond acceptors (Lipinski definition) is 9. The molecule has 9 nitrogen and oxygen atoms in total. The normalized spacial score (nSPS) is 14.9. The number of nitrogens with zero attached hydrogens (tertiary/aromatic N) is 1. The summed E-state index contributed by atoms with van der Waals surface area (Å²) in [7, 11) is 3.75. The fourth-order valence-electron chi connectivity index (χ4n) is 4.24. The van der Waals surface area contributed by atoms with Crippen LogP contribution in [0.5, 0.6) is 0 Å². The van der Waals surface area contributed by atoms with Crippen LogP contribution in [0.25, 0.3) is 5.57 Å². The monoisotopic (exact) mass is 648 g/mol. The molecule has 1 atom stereocenters. The molecule has 0 radical (unpaired) electrons. The van der Waals surface area contributed by atoms with Crippen LogP contribution in [0, 0.1) is 12.7 Å². The third kappa shape index (κ3) is 10.6. The summed E-state index contributed by atoms with van der Waals surface area (Å²) in [6.45, 7) is 9.19. The summed E-state index contributed by atoms with van der Waals surface area (Å²) in [4.78, 5) is 47.5. The largest absolute Gasteiger partial charge is 0.444 e. The number of carbonyl (C=O) groups excluding carboxylic acids is 3. The van der Waals surface area contributed by atoms with E-state index in [1.807, 2.05) is 45.5 Å². The Hall–Kier alpha value is -4.45. The van der Waals surface area contributed by atoms with Gasteiger partial charge in [0.25, 0.3) is 0 Å². The number of allylic oxidation sites excluding steroid dienone is 4. The Kier molecular flexibility index (Phi) is 13.1. The van der Waals surface area contributed by atoms with Gasteiger partial charge in [0.2, 0.25) is 6.23 Å². The summed E-state index contributed by atoms with van der Waals surface area (Å²) in [6, 6.07) is 13.5. The molecule has 46 heavy (non-hydrogen) atoms. The third-order valence-electron chi connectivity index (χ3n) is 6.37. The zero-order valence-electron chi connectivity index (χ0n) is 27.2. The number of aliphatic imine (C=N–C) groups is 1. The van der Waals surface area contributed by atoms with E-state index in [1.54, 1.807) is 74.6 Å². The second-order valence-electron chi connectivity index (χ2n) is 11.5. The van der Waals surface area contributed by atoms with Gasteiger partial charge in [-0.25, -0.2) is 24.5 Å². The molecule has 1 amide bonds. The maximum absolute atomic E-state index is 15.1. The van der Waals surface area contributed by atoms with Crippen LogP contribution >= 0.6 is 11.3 Å². The molecule has 3 N–H and O–H groups in total. The summed E-state index contributed by atoms with van der Waals surface area (Å²) < 4.78 is 20.3. The van der Waals surface area contributed by atoms with Gasteiger partial charge in [-0.3, -0.25) is 14.9 Å². The van der Waals surface area contributed by atoms with Gasteiger partial charge in [0.15, 0.2) is 17.9 Å². The molecule has 0 saturated carbocycles. The molecule has 3 aromatic rings. The van der Waals surface area contributed by atoms with Gasteiger partial charge >= 0.3 is 6.09 Å². The molecule has 1 aliphatic rings. The minimum Gasteiger partial charge on any atom is -0.444 e. The number of ether oxygens (including phenoxy) is 1. The molecule has 1 aliphatic heterocycles. The van der Waals surface area contributed by atoms with Gasteiger partial charge in [-0.15, -0.1) is 11.3 Å². The Bertz CT molecular complexity index is 1620. The fraction of sp³-hybridized carbons (Fsp3) is 0.314. The minimum atomic E-state index is -0.712. The summed E-state index contributed by atoms with van der Waals surface area (Å²) in [6.07, 6.45) is 3.10. The van der Waals surface area contributed by atoms with Crippen molar-refractivity contribution in [1.29, 1.82) is 0 Å². The number of carbonyl (C=O) groups is 3. The SMILES string of the molecule is C/C=C(\C=C(\C=O)C(=O)CCc1ccc(C2=NC(c3ccc(NC(=O)OC(C)(C)C)cc3)ON2)c(F)c1)c1cc(C)cs1.CNC. The molecule has 0 aliphatic carbocycles. The van der Waals surface area contributed by atoms with E-state index in [9.17, 15) is 14.4 Å². The molecular formula is C35H41FN4O5S. The molecular weight excluding hydrogens is 607 g/mol. The lowest BCUT2D eigenvalue weighted by molar-refractivity contribution is -0.117. The highest BCUT2D eigenvalue weighted by Gasteiger charge is 2.23. The highest BCUT2D eigenvalue weighted by molar-refractivity contribution is 7.11. The number of ketones is 1. The van der Waals surface area contributed by atoms with E-state index in [1.165, 1.54) is 6.07 Å². The van der Waals surface area contributed by atoms with Crippen molar-refractivity contribution >= 4 is 46.6 Å². The first-order valence-corrected chi connectivity index (χ1v) is 15.6. The highest BCUT2D eigenvalue weighted by Crippen LogP contribution is 2.27. The quantitative estimate of drug-likeness (QED) is 0.0707. The van der Waals surface area contributed by atoms with Gasteiger partial charge in [0.1, 0.15) is 11.4 Å². The molecule has 0 spiro atoms. The lowest BCUT2D eigenvalue weighted by Gasteiger charge is -2.19. The van der Waals surface area contributed by atoms with E-state index < -0.39 is 23.7 Å². The smallest absolute Gasteiger partial charge is 0.412 e. The number of thiophene rings is 1. The Balaban J connectivity index is 0.00000185. The van der Waals surface area contributed by atoms with E-state index in [0.717, 1.165) is 16.0 Å². The topological polar surface area (TPSA) is 118 Å². The van der Waals surface area contributed by atoms with Crippen molar-refractivity contribution in [2.45, 2.75) is 59.3 Å². The lowest BCUT2D eigenvalue weighted by atomic mass is 10.00. The first kappa shape index (κ1) is 36.0. The number of nitrogens with one attached hydrogen (secondary N) is 3. The van der Waals surface area contributed by atoms with Gasteiger partial charge in [-0.05, 0) is 114 Å². The fourth-order valence-corrected chi connectivity index (χ4v) is 5.18. The molecule has 2 heterocycles. The number of hydrogen-bond donors (Lipinski definition) is 3. The number of amidine groups is 1. The van der Waals surface area contributed by atoms with Crippen LogP contribution < -0.4 is 16.1 Å². The molecule has 0 bridgehead atoms. The number of Topliss-reactive ketones (excluding diaryl/α,β-unsaturated/α-hetero) is 1. The molecule has 1 unspecified atom stereocenters. The van der Waals surface area contributed by atoms with Gasteiger partial charge in [0, 0.05) is 22.5 Å². The van der Waals surface area contributed by atoms with Crippen LogP contribution in [0.4, 0.5) is 14.9 Å². The average molecular weight is 649 g/mol. The van der Waals surface area contributed by atoms with Crippen molar-refractivity contribution in [3.8, 4) is 0 Å². The Morgan fingerprint density at radius 2 is 1.83 bits per heavy atom. The van der Waals surface area contributed by atoms with E-state index in [-0.39, 0.29) is 35.6 Å². The predicted octanol–water partition coefficient (Wildman–Crippen LogP) is 7.09. The number of amides is 1. The molecule has 0 fully saturated rings. The number of rotatable bonds is 10. The van der Waals surface area contributed by atoms with E-state index in [0.29, 0.717) is 23.1 Å². The van der Waals surface area contributed by atoms with Crippen LogP contribution in [0.3, 0.4) is 0 Å². The van der Waals surface area contributed by atoms with Gasteiger partial charge in [0.05, 0.1) is 11.1 Å². The minimum absolute atomic E-state index is 0.0625. The number of hydroxylamine groups is 1. The van der Waals surface area contributed by atoms with E-state index >= 15 is 4.39 Å². The average Bonchev–Trinajstić information content (AvgIpc) is 3.66. The van der Waals surface area contributed by atoms with Crippen molar-refractivity contribution in [3.05, 3.63) is 105 Å². The maximum atomic E-state index is 15.1. The number of aldehydes is 1. The van der Waals surface area contributed by atoms with E-state index in [4.69, 9.17) is 9.57 Å². The van der Waals surface area contributed by atoms with Crippen LogP contribution in [-0.4, -0.2) is 43.7 Å². The number of anilines is 1. The molecule has 244 valence electrons. The lowest BCUT2D eigenvalue weighted by Crippen LogP contribution is -2.27. The summed E-state index contributed by atoms with van der Waals surface area (Å²) >= 11 is 1.55. The molecule has 4 rings (SSSR count). The van der Waals surface area contributed by atoms with Crippen molar-refractivity contribution in [2.24, 2.45) is 4.99 Å². The van der Waals surface area contributed by atoms with E-state index in [2.05, 4.69) is 21.1 Å². The Morgan fingerprint density at radius 3 is 2.39 bits per heavy atom. The molecule has 1 aromatic heterocycles. The highest BCUT2D eigenvalue weighted by atomic mass is 32.1. The standard InChI is InChI=1S/C33H34FN3O5S.C2H7N/c1-6-22(29-15-20(2)19-43-29)17-24(18-38)28(39)14-8-21-7-13-26(27(34)16-21)30-36-31(42-37-30)23-9-11-25(12-10-23)35-32(40)41-33(3,4)5;1-3-2/h6-7,9-13,15-19,31H,8,14H2,1-5H3,(H,35,40)(H,36,37);3H,1-2H3/b22-6+,24-17-;. The third-order valence-corrected chi connectivity index (χ3v) is 7.47. The Morgan fingerprint density at radius 1 is 1.13 bits per heavy atom. The van der Waals surface area contributed by atoms with Gasteiger partial charge in [-0.2, -0.15) is 0 Å². The number of aryl methyl sites for hydroxylation is 2. The first-order valence-electron chi connectivity index (χ1n) is 14.8. The second-order valence-corrected chi connectivity index (χ2v) is 12.4. The Labute approximate surface area is 273 Å². The zero-order valence-corrected chi connectivity index (χ0v) is 28.0. The maximum Gasteiger partial charge on any atom is 0.412 e. The van der Waals surface area contributed by atoms with Crippen LogP contribution in [-0.2, 0) is 25.6 Å². The molecule has 0 saturated heterocycles. The molecule has 2 aromatic carbocycles. The van der Waals surface area contributed by atoms with Gasteiger partial charge in [-0.1, -0.05) is 24.3 Å². The van der Waals surface area contributed by atoms with Crippen molar-refractivity contribution in [2.75, 3.05) is 19.4 Å². The summed E-state index contributed by atoms with van der Waals surface area (Å²) in [5.41, 5.74) is 6.15.